The van der Waals surface area contributed by atoms with Gasteiger partial charge in [0.25, 0.3) is 5.91 Å². The fraction of sp³-hybridized carbons (Fsp3) is 0.294. The molecule has 134 valence electrons. The molecular formula is C17H16F2N6O. The highest BCUT2D eigenvalue weighted by Crippen LogP contribution is 2.20. The average Bonchev–Trinajstić information content (AvgIpc) is 3.07. The number of hydrogen-bond acceptors (Lipinski definition) is 5. The van der Waals surface area contributed by atoms with E-state index in [1.165, 1.54) is 22.8 Å². The van der Waals surface area contributed by atoms with Gasteiger partial charge in [-0.25, -0.2) is 23.3 Å². The lowest BCUT2D eigenvalue weighted by atomic mass is 10.1. The van der Waals surface area contributed by atoms with Crippen LogP contribution in [-0.2, 0) is 0 Å². The Morgan fingerprint density at radius 2 is 2.08 bits per heavy atom. The van der Waals surface area contributed by atoms with E-state index in [-0.39, 0.29) is 18.1 Å². The number of amides is 1. The summed E-state index contributed by atoms with van der Waals surface area (Å²) in [6, 6.07) is 6.07. The normalized spacial score (nSPS) is 17.5. The van der Waals surface area contributed by atoms with E-state index in [4.69, 9.17) is 0 Å². The van der Waals surface area contributed by atoms with Crippen molar-refractivity contribution >= 4 is 23.2 Å². The average molecular weight is 358 g/mol. The molecule has 0 spiro atoms. The van der Waals surface area contributed by atoms with Crippen molar-refractivity contribution in [2.45, 2.75) is 19.0 Å². The summed E-state index contributed by atoms with van der Waals surface area (Å²) in [7, 11) is 0. The lowest BCUT2D eigenvalue weighted by molar-refractivity contribution is 0.102. The molecule has 1 fully saturated rings. The van der Waals surface area contributed by atoms with Gasteiger partial charge in [0.1, 0.15) is 23.6 Å². The molecule has 0 aliphatic carbocycles. The molecule has 0 bridgehead atoms. The Balaban J connectivity index is 1.61. The smallest absolute Gasteiger partial charge is 0.277 e. The van der Waals surface area contributed by atoms with Crippen LogP contribution in [0, 0.1) is 5.82 Å². The SMILES string of the molecule is O=C(Nc1ccc(F)cn1)c1cnc2ccc(N3CCC[C@H](F)C3)nn12. The molecule has 1 aliphatic heterocycles. The molecule has 1 saturated heterocycles. The number of nitrogens with one attached hydrogen (secondary N) is 1. The fourth-order valence-corrected chi connectivity index (χ4v) is 2.95. The Morgan fingerprint density at radius 3 is 2.85 bits per heavy atom. The molecule has 1 N–H and O–H groups in total. The van der Waals surface area contributed by atoms with Crippen molar-refractivity contribution in [1.29, 1.82) is 0 Å². The lowest BCUT2D eigenvalue weighted by Crippen LogP contribution is -2.37. The predicted octanol–water partition coefficient (Wildman–Crippen LogP) is 2.45. The van der Waals surface area contributed by atoms with Gasteiger partial charge in [-0.05, 0) is 37.1 Å². The first-order valence-electron chi connectivity index (χ1n) is 8.27. The first-order valence-corrected chi connectivity index (χ1v) is 8.27. The second-order valence-corrected chi connectivity index (χ2v) is 6.11. The number of carbonyl (C=O) groups is 1. The molecule has 7 nitrogen and oxygen atoms in total. The molecular weight excluding hydrogens is 342 g/mol. The van der Waals surface area contributed by atoms with Gasteiger partial charge >= 0.3 is 0 Å². The van der Waals surface area contributed by atoms with Crippen molar-refractivity contribution < 1.29 is 13.6 Å². The number of rotatable bonds is 3. The minimum Gasteiger partial charge on any atom is -0.352 e. The van der Waals surface area contributed by atoms with Crippen molar-refractivity contribution in [1.82, 2.24) is 19.6 Å². The third-order valence-electron chi connectivity index (χ3n) is 4.24. The van der Waals surface area contributed by atoms with Crippen LogP contribution in [0.1, 0.15) is 23.3 Å². The summed E-state index contributed by atoms with van der Waals surface area (Å²) in [5, 5.41) is 7.02. The number of pyridine rings is 1. The maximum atomic E-state index is 13.7. The van der Waals surface area contributed by atoms with Gasteiger partial charge in [0, 0.05) is 6.54 Å². The lowest BCUT2D eigenvalue weighted by Gasteiger charge is -2.29. The first kappa shape index (κ1) is 16.4. The van der Waals surface area contributed by atoms with Crippen LogP contribution >= 0.6 is 0 Å². The van der Waals surface area contributed by atoms with Gasteiger partial charge < -0.3 is 10.2 Å². The molecule has 1 atom stereocenters. The standard InChI is InChI=1S/C17H16F2N6O/c18-11-3-4-14(20-8-11)22-17(26)13-9-21-15-5-6-16(23-25(13)15)24-7-1-2-12(19)10-24/h3-6,8-9,12H,1-2,7,10H2,(H,20,22,26)/t12-/m0/s1. The Morgan fingerprint density at radius 1 is 1.19 bits per heavy atom. The number of nitrogens with zero attached hydrogens (tertiary/aromatic N) is 5. The van der Waals surface area contributed by atoms with Crippen LogP contribution in [-0.4, -0.2) is 44.8 Å². The molecule has 9 heteroatoms. The van der Waals surface area contributed by atoms with Gasteiger partial charge in [-0.3, -0.25) is 4.79 Å². The Bertz CT molecular complexity index is 942. The van der Waals surface area contributed by atoms with Gasteiger partial charge in [0.05, 0.1) is 18.9 Å². The fourth-order valence-electron chi connectivity index (χ4n) is 2.95. The number of anilines is 2. The van der Waals surface area contributed by atoms with Gasteiger partial charge in [-0.2, -0.15) is 0 Å². The summed E-state index contributed by atoms with van der Waals surface area (Å²) < 4.78 is 28.0. The zero-order valence-corrected chi connectivity index (χ0v) is 13.8. The summed E-state index contributed by atoms with van der Waals surface area (Å²) in [6.07, 6.45) is 2.86. The van der Waals surface area contributed by atoms with Crippen LogP contribution in [0.3, 0.4) is 0 Å². The summed E-state index contributed by atoms with van der Waals surface area (Å²) >= 11 is 0. The van der Waals surface area contributed by atoms with Crippen LogP contribution in [0.5, 0.6) is 0 Å². The number of fused-ring (bicyclic) bond motifs is 1. The number of carbonyl (C=O) groups excluding carboxylic acids is 1. The largest absolute Gasteiger partial charge is 0.352 e. The van der Waals surface area contributed by atoms with Gasteiger partial charge in [-0.1, -0.05) is 0 Å². The highest BCUT2D eigenvalue weighted by molar-refractivity contribution is 6.02. The topological polar surface area (TPSA) is 75.4 Å². The van der Waals surface area contributed by atoms with Crippen LogP contribution in [0.2, 0.25) is 0 Å². The summed E-state index contributed by atoms with van der Waals surface area (Å²) in [5.74, 6) is -0.148. The number of imidazole rings is 1. The molecule has 4 rings (SSSR count). The summed E-state index contributed by atoms with van der Waals surface area (Å²) in [5.41, 5.74) is 0.710. The molecule has 1 amide bonds. The highest BCUT2D eigenvalue weighted by Gasteiger charge is 2.21. The molecule has 0 unspecified atom stereocenters. The van der Waals surface area contributed by atoms with Crippen LogP contribution in [0.4, 0.5) is 20.4 Å². The number of halogens is 2. The van der Waals surface area contributed by atoms with Crippen molar-refractivity contribution in [3.8, 4) is 0 Å². The molecule has 0 radical (unpaired) electrons. The van der Waals surface area contributed by atoms with Crippen LogP contribution < -0.4 is 10.2 Å². The van der Waals surface area contributed by atoms with E-state index in [2.05, 4.69) is 20.4 Å². The van der Waals surface area contributed by atoms with E-state index < -0.39 is 17.9 Å². The van der Waals surface area contributed by atoms with Gasteiger partial charge in [0.2, 0.25) is 0 Å². The van der Waals surface area contributed by atoms with Gasteiger partial charge in [-0.15, -0.1) is 5.10 Å². The summed E-state index contributed by atoms with van der Waals surface area (Å²) in [4.78, 5) is 22.3. The van der Waals surface area contributed by atoms with Gasteiger partial charge in [0.15, 0.2) is 11.3 Å². The zero-order chi connectivity index (χ0) is 18.1. The number of alkyl halides is 1. The molecule has 3 aromatic heterocycles. The van der Waals surface area contributed by atoms with E-state index >= 15 is 0 Å². The third-order valence-corrected chi connectivity index (χ3v) is 4.24. The number of piperidine rings is 1. The molecule has 0 saturated carbocycles. The third kappa shape index (κ3) is 3.19. The minimum atomic E-state index is -0.878. The van der Waals surface area contributed by atoms with E-state index in [9.17, 15) is 13.6 Å². The maximum Gasteiger partial charge on any atom is 0.277 e. The second-order valence-electron chi connectivity index (χ2n) is 6.11. The Kier molecular flexibility index (Phi) is 4.19. The van der Waals surface area contributed by atoms with E-state index in [0.717, 1.165) is 12.6 Å². The monoisotopic (exact) mass is 358 g/mol. The number of hydrogen-bond donors (Lipinski definition) is 1. The van der Waals surface area contributed by atoms with Crippen LogP contribution in [0.25, 0.3) is 5.65 Å². The highest BCUT2D eigenvalue weighted by atomic mass is 19.1. The quantitative estimate of drug-likeness (QED) is 0.778. The minimum absolute atomic E-state index is 0.210. The van der Waals surface area contributed by atoms with Crippen molar-refractivity contribution in [3.63, 3.8) is 0 Å². The Labute approximate surface area is 147 Å². The van der Waals surface area contributed by atoms with Crippen LogP contribution in [0.15, 0.2) is 36.7 Å². The Hall–Kier alpha value is -3.10. The van der Waals surface area contributed by atoms with Crippen molar-refractivity contribution in [2.24, 2.45) is 0 Å². The van der Waals surface area contributed by atoms with Crippen molar-refractivity contribution in [3.05, 3.63) is 48.2 Å². The molecule has 1 aliphatic rings. The van der Waals surface area contributed by atoms with E-state index in [1.807, 2.05) is 4.90 Å². The molecule has 26 heavy (non-hydrogen) atoms. The summed E-state index contributed by atoms with van der Waals surface area (Å²) in [6.45, 7) is 1.00. The van der Waals surface area contributed by atoms with E-state index in [1.54, 1.807) is 12.1 Å². The first-order chi connectivity index (χ1) is 12.6. The zero-order valence-electron chi connectivity index (χ0n) is 13.8. The number of aromatic nitrogens is 4. The van der Waals surface area contributed by atoms with Crippen molar-refractivity contribution in [2.75, 3.05) is 23.3 Å². The maximum absolute atomic E-state index is 13.7. The molecule has 0 aromatic carbocycles. The predicted molar refractivity (Wildman–Crippen MR) is 91.5 cm³/mol. The second kappa shape index (κ2) is 6.66. The molecule has 4 heterocycles. The molecule has 3 aromatic rings. The van der Waals surface area contributed by atoms with E-state index in [0.29, 0.717) is 24.4 Å².